The van der Waals surface area contributed by atoms with Gasteiger partial charge in [-0.1, -0.05) is 11.6 Å². The van der Waals surface area contributed by atoms with Crippen LogP contribution in [0.3, 0.4) is 0 Å². The quantitative estimate of drug-likeness (QED) is 0.734. The van der Waals surface area contributed by atoms with Gasteiger partial charge < -0.3 is 15.0 Å². The third kappa shape index (κ3) is 1.98. The number of fused-ring (bicyclic) bond motifs is 1. The molecule has 102 valence electrons. The first-order valence-corrected chi connectivity index (χ1v) is 6.54. The van der Waals surface area contributed by atoms with E-state index in [1.807, 2.05) is 35.9 Å². The molecule has 0 aliphatic carbocycles. The topological polar surface area (TPSA) is 53.1 Å². The molecule has 0 aliphatic heterocycles. The number of aryl methyl sites for hydroxylation is 1. The monoisotopic (exact) mass is 287 g/mol. The Morgan fingerprint density at radius 2 is 2.00 bits per heavy atom. The van der Waals surface area contributed by atoms with Crippen LogP contribution >= 0.6 is 11.6 Å². The predicted molar refractivity (Wildman–Crippen MR) is 82.1 cm³/mol. The smallest absolute Gasteiger partial charge is 0.143 e. The zero-order valence-electron chi connectivity index (χ0n) is 11.2. The number of benzene rings is 2. The van der Waals surface area contributed by atoms with Crippen molar-refractivity contribution >= 4 is 28.3 Å². The average molecular weight is 288 g/mol. The summed E-state index contributed by atoms with van der Waals surface area (Å²) in [6, 6.07) is 11.2. The molecule has 4 nitrogen and oxygen atoms in total. The van der Waals surface area contributed by atoms with Gasteiger partial charge >= 0.3 is 0 Å². The van der Waals surface area contributed by atoms with Gasteiger partial charge in [-0.15, -0.1) is 0 Å². The van der Waals surface area contributed by atoms with Crippen molar-refractivity contribution in [3.8, 4) is 17.1 Å². The normalized spacial score (nSPS) is 10.9. The van der Waals surface area contributed by atoms with Crippen molar-refractivity contribution in [2.45, 2.75) is 0 Å². The first-order valence-electron chi connectivity index (χ1n) is 6.16. The highest BCUT2D eigenvalue weighted by Gasteiger charge is 2.13. The van der Waals surface area contributed by atoms with E-state index in [-0.39, 0.29) is 0 Å². The molecule has 0 spiro atoms. The highest BCUT2D eigenvalue weighted by atomic mass is 35.5. The van der Waals surface area contributed by atoms with E-state index in [2.05, 4.69) is 4.98 Å². The number of anilines is 1. The van der Waals surface area contributed by atoms with Gasteiger partial charge in [-0.25, -0.2) is 4.98 Å². The number of nitrogens with zero attached hydrogens (tertiary/aromatic N) is 2. The summed E-state index contributed by atoms with van der Waals surface area (Å²) < 4.78 is 7.22. The molecule has 0 atom stereocenters. The van der Waals surface area contributed by atoms with Crippen LogP contribution in [0.25, 0.3) is 22.4 Å². The third-order valence-corrected chi connectivity index (χ3v) is 3.58. The maximum absolute atomic E-state index is 6.05. The predicted octanol–water partition coefficient (Wildman–Crippen LogP) is 3.48. The standard InChI is InChI=1S/C15H14ClN3O/c1-19-14-6-4-10(20-2)8-13(14)18-15(19)11-7-9(16)3-5-12(11)17/h3-8H,17H2,1-2H3. The van der Waals surface area contributed by atoms with Gasteiger partial charge in [0, 0.05) is 29.4 Å². The van der Waals surface area contributed by atoms with Crippen LogP contribution in [0.2, 0.25) is 5.02 Å². The Labute approximate surface area is 121 Å². The molecule has 0 radical (unpaired) electrons. The van der Waals surface area contributed by atoms with Crippen molar-refractivity contribution in [2.75, 3.05) is 12.8 Å². The van der Waals surface area contributed by atoms with Crippen LogP contribution in [-0.4, -0.2) is 16.7 Å². The van der Waals surface area contributed by atoms with E-state index in [1.54, 1.807) is 19.2 Å². The van der Waals surface area contributed by atoms with Crippen LogP contribution in [0.1, 0.15) is 0 Å². The minimum Gasteiger partial charge on any atom is -0.497 e. The maximum Gasteiger partial charge on any atom is 0.143 e. The number of imidazole rings is 1. The van der Waals surface area contributed by atoms with E-state index in [1.165, 1.54) is 0 Å². The Kier molecular flexibility index (Phi) is 3.03. The van der Waals surface area contributed by atoms with Crippen molar-refractivity contribution in [3.05, 3.63) is 41.4 Å². The molecule has 0 bridgehead atoms. The lowest BCUT2D eigenvalue weighted by atomic mass is 10.1. The first-order chi connectivity index (χ1) is 9.60. The molecule has 0 saturated carbocycles. The Bertz CT molecular complexity index is 795. The maximum atomic E-state index is 6.05. The summed E-state index contributed by atoms with van der Waals surface area (Å²) in [5.74, 6) is 1.56. The summed E-state index contributed by atoms with van der Waals surface area (Å²) in [7, 11) is 3.59. The summed E-state index contributed by atoms with van der Waals surface area (Å²) in [6.07, 6.45) is 0. The number of hydrogen-bond acceptors (Lipinski definition) is 3. The number of nitrogen functional groups attached to an aromatic ring is 1. The molecule has 0 fully saturated rings. The summed E-state index contributed by atoms with van der Waals surface area (Å²) >= 11 is 6.05. The van der Waals surface area contributed by atoms with Crippen molar-refractivity contribution in [3.63, 3.8) is 0 Å². The van der Waals surface area contributed by atoms with E-state index < -0.39 is 0 Å². The molecule has 0 unspecified atom stereocenters. The van der Waals surface area contributed by atoms with Crippen LogP contribution < -0.4 is 10.5 Å². The highest BCUT2D eigenvalue weighted by Crippen LogP contribution is 2.31. The number of methoxy groups -OCH3 is 1. The first kappa shape index (κ1) is 12.8. The van der Waals surface area contributed by atoms with Crippen molar-refractivity contribution < 1.29 is 4.74 Å². The van der Waals surface area contributed by atoms with E-state index >= 15 is 0 Å². The molecule has 2 aromatic carbocycles. The number of ether oxygens (including phenoxy) is 1. The van der Waals surface area contributed by atoms with Gasteiger partial charge in [0.05, 0.1) is 18.1 Å². The van der Waals surface area contributed by atoms with E-state index in [4.69, 9.17) is 22.1 Å². The van der Waals surface area contributed by atoms with Gasteiger partial charge in [-0.3, -0.25) is 0 Å². The van der Waals surface area contributed by atoms with Crippen molar-refractivity contribution in [2.24, 2.45) is 7.05 Å². The molecule has 5 heteroatoms. The lowest BCUT2D eigenvalue weighted by molar-refractivity contribution is 0.415. The lowest BCUT2D eigenvalue weighted by Gasteiger charge is -2.06. The van der Waals surface area contributed by atoms with Gasteiger partial charge in [0.1, 0.15) is 11.6 Å². The minimum absolute atomic E-state index is 0.638. The van der Waals surface area contributed by atoms with Gasteiger partial charge in [0.2, 0.25) is 0 Å². The number of nitrogens with two attached hydrogens (primary N) is 1. The van der Waals surface area contributed by atoms with Gasteiger partial charge in [-0.05, 0) is 30.3 Å². The number of aromatic nitrogens is 2. The summed E-state index contributed by atoms with van der Waals surface area (Å²) in [5.41, 5.74) is 9.39. The molecule has 3 aromatic rings. The molecule has 2 N–H and O–H groups in total. The van der Waals surface area contributed by atoms with Gasteiger partial charge in [-0.2, -0.15) is 0 Å². The Balaban J connectivity index is 2.26. The molecule has 0 saturated heterocycles. The van der Waals surface area contributed by atoms with Crippen LogP contribution in [0.15, 0.2) is 36.4 Å². The van der Waals surface area contributed by atoms with E-state index in [9.17, 15) is 0 Å². The Hall–Kier alpha value is -2.20. The fourth-order valence-electron chi connectivity index (χ4n) is 2.27. The van der Waals surface area contributed by atoms with E-state index in [0.717, 1.165) is 28.2 Å². The SMILES string of the molecule is COc1ccc2c(c1)nc(-c1cc(Cl)ccc1N)n2C. The largest absolute Gasteiger partial charge is 0.497 e. The molecule has 0 aliphatic rings. The molecule has 1 heterocycles. The summed E-state index contributed by atoms with van der Waals surface area (Å²) in [6.45, 7) is 0. The highest BCUT2D eigenvalue weighted by molar-refractivity contribution is 6.31. The van der Waals surface area contributed by atoms with Crippen LogP contribution in [0.4, 0.5) is 5.69 Å². The summed E-state index contributed by atoms with van der Waals surface area (Å²) in [4.78, 5) is 4.64. The second-order valence-corrected chi connectivity index (χ2v) is 5.02. The number of hydrogen-bond donors (Lipinski definition) is 1. The van der Waals surface area contributed by atoms with Crippen molar-refractivity contribution in [1.82, 2.24) is 9.55 Å². The van der Waals surface area contributed by atoms with Crippen LogP contribution in [0, 0.1) is 0 Å². The second kappa shape index (κ2) is 4.72. The molecule has 1 aromatic heterocycles. The van der Waals surface area contributed by atoms with Gasteiger partial charge in [0.25, 0.3) is 0 Å². The number of halogens is 1. The third-order valence-electron chi connectivity index (χ3n) is 3.34. The number of rotatable bonds is 2. The molecule has 3 rings (SSSR count). The van der Waals surface area contributed by atoms with Crippen molar-refractivity contribution in [1.29, 1.82) is 0 Å². The summed E-state index contributed by atoms with van der Waals surface area (Å²) in [5, 5.41) is 0.638. The Morgan fingerprint density at radius 1 is 1.20 bits per heavy atom. The average Bonchev–Trinajstić information content (AvgIpc) is 2.78. The molecule has 0 amide bonds. The zero-order valence-corrected chi connectivity index (χ0v) is 12.0. The second-order valence-electron chi connectivity index (χ2n) is 4.58. The van der Waals surface area contributed by atoms with Crippen LogP contribution in [-0.2, 0) is 7.05 Å². The van der Waals surface area contributed by atoms with Crippen LogP contribution in [0.5, 0.6) is 5.75 Å². The minimum atomic E-state index is 0.638. The molecular formula is C15H14ClN3O. The van der Waals surface area contributed by atoms with E-state index in [0.29, 0.717) is 10.7 Å². The Morgan fingerprint density at radius 3 is 2.75 bits per heavy atom. The molecular weight excluding hydrogens is 274 g/mol. The van der Waals surface area contributed by atoms with Gasteiger partial charge in [0.15, 0.2) is 0 Å². The fraction of sp³-hybridized carbons (Fsp3) is 0.133. The fourth-order valence-corrected chi connectivity index (χ4v) is 2.44. The molecule has 20 heavy (non-hydrogen) atoms. The zero-order chi connectivity index (χ0) is 14.3. The lowest BCUT2D eigenvalue weighted by Crippen LogP contribution is -1.96.